The number of nitrogens with zero attached hydrogens (tertiary/aromatic N) is 2. The predicted octanol–water partition coefficient (Wildman–Crippen LogP) is 3.21. The summed E-state index contributed by atoms with van der Waals surface area (Å²) in [7, 11) is 0. The minimum absolute atomic E-state index is 0.211. The van der Waals surface area contributed by atoms with Crippen LogP contribution in [0.4, 0.5) is 0 Å². The molecule has 20 heavy (non-hydrogen) atoms. The van der Waals surface area contributed by atoms with Gasteiger partial charge in [0, 0.05) is 5.69 Å². The number of hydrogen-bond donors (Lipinski definition) is 1. The van der Waals surface area contributed by atoms with E-state index in [2.05, 4.69) is 36.0 Å². The molecule has 0 saturated carbocycles. The zero-order chi connectivity index (χ0) is 14.7. The molecule has 108 valence electrons. The Balaban J connectivity index is 2.73. The Kier molecular flexibility index (Phi) is 4.37. The van der Waals surface area contributed by atoms with Crippen molar-refractivity contribution in [3.8, 4) is 0 Å². The Morgan fingerprint density at radius 2 is 2.15 bits per heavy atom. The van der Waals surface area contributed by atoms with Crippen molar-refractivity contribution >= 4 is 17.0 Å². The maximum absolute atomic E-state index is 12.3. The second-order valence-corrected chi connectivity index (χ2v) is 5.10. The van der Waals surface area contributed by atoms with Gasteiger partial charge in [-0.2, -0.15) is 5.10 Å². The molecular formula is C15H21N3O2. The molecule has 2 rings (SSSR count). The summed E-state index contributed by atoms with van der Waals surface area (Å²) < 4.78 is 5.22. The van der Waals surface area contributed by atoms with Crippen LogP contribution in [-0.4, -0.2) is 27.8 Å². The molecule has 5 nitrogen and oxygen atoms in total. The summed E-state index contributed by atoms with van der Waals surface area (Å²) in [6.45, 7) is 8.43. The molecule has 2 aromatic rings. The zero-order valence-corrected chi connectivity index (χ0v) is 12.5. The summed E-state index contributed by atoms with van der Waals surface area (Å²) in [4.78, 5) is 17.0. The van der Waals surface area contributed by atoms with Crippen LogP contribution in [0, 0.1) is 0 Å². The van der Waals surface area contributed by atoms with Crippen LogP contribution in [-0.2, 0) is 11.2 Å². The maximum atomic E-state index is 12.3. The molecule has 0 aliphatic rings. The van der Waals surface area contributed by atoms with Gasteiger partial charge in [0.15, 0.2) is 5.65 Å². The van der Waals surface area contributed by atoms with Gasteiger partial charge in [0.25, 0.3) is 0 Å². The summed E-state index contributed by atoms with van der Waals surface area (Å²) >= 11 is 0. The molecule has 0 fully saturated rings. The lowest BCUT2D eigenvalue weighted by Gasteiger charge is -2.17. The van der Waals surface area contributed by atoms with Crippen LogP contribution in [0.15, 0.2) is 6.20 Å². The Morgan fingerprint density at radius 1 is 1.40 bits per heavy atom. The lowest BCUT2D eigenvalue weighted by molar-refractivity contribution is 0.0526. The number of rotatable bonds is 5. The second-order valence-electron chi connectivity index (χ2n) is 5.10. The first kappa shape index (κ1) is 14.5. The van der Waals surface area contributed by atoms with Crippen molar-refractivity contribution in [1.29, 1.82) is 0 Å². The molecule has 2 heterocycles. The van der Waals surface area contributed by atoms with Crippen LogP contribution < -0.4 is 0 Å². The van der Waals surface area contributed by atoms with Gasteiger partial charge in [-0.05, 0) is 24.8 Å². The van der Waals surface area contributed by atoms with Crippen molar-refractivity contribution < 1.29 is 9.53 Å². The summed E-state index contributed by atoms with van der Waals surface area (Å²) in [5.41, 5.74) is 3.21. The first-order chi connectivity index (χ1) is 9.60. The number of carbonyl (C=O) groups is 1. The molecule has 0 aliphatic carbocycles. The number of pyridine rings is 1. The van der Waals surface area contributed by atoms with Crippen molar-refractivity contribution in [2.75, 3.05) is 6.61 Å². The molecule has 5 heteroatoms. The Bertz CT molecular complexity index is 617. The molecule has 0 bridgehead atoms. The van der Waals surface area contributed by atoms with E-state index in [-0.39, 0.29) is 11.9 Å². The highest BCUT2D eigenvalue weighted by molar-refractivity contribution is 6.04. The van der Waals surface area contributed by atoms with Crippen molar-refractivity contribution in [1.82, 2.24) is 15.2 Å². The second kappa shape index (κ2) is 6.03. The first-order valence-corrected chi connectivity index (χ1v) is 7.13. The third kappa shape index (κ3) is 2.53. The van der Waals surface area contributed by atoms with E-state index in [0.29, 0.717) is 17.8 Å². The number of aryl methyl sites for hydroxylation is 1. The number of H-pyrrole nitrogens is 1. The van der Waals surface area contributed by atoms with Crippen LogP contribution in [0.25, 0.3) is 11.0 Å². The van der Waals surface area contributed by atoms with Crippen molar-refractivity contribution in [3.05, 3.63) is 23.0 Å². The smallest absolute Gasteiger partial charge is 0.339 e. The summed E-state index contributed by atoms with van der Waals surface area (Å²) in [5, 5.41) is 7.61. The molecule has 0 radical (unpaired) electrons. The van der Waals surface area contributed by atoms with Gasteiger partial charge in [-0.1, -0.05) is 27.2 Å². The average molecular weight is 275 g/mol. The molecule has 0 saturated heterocycles. The minimum atomic E-state index is -0.289. The fourth-order valence-corrected chi connectivity index (χ4v) is 2.50. The van der Waals surface area contributed by atoms with Crippen molar-refractivity contribution in [2.24, 2.45) is 0 Å². The monoisotopic (exact) mass is 275 g/mol. The van der Waals surface area contributed by atoms with E-state index in [1.807, 2.05) is 6.92 Å². The van der Waals surface area contributed by atoms with Gasteiger partial charge in [0.2, 0.25) is 0 Å². The maximum Gasteiger partial charge on any atom is 0.339 e. The first-order valence-electron chi connectivity index (χ1n) is 7.13. The van der Waals surface area contributed by atoms with Crippen molar-refractivity contribution in [2.45, 2.75) is 46.5 Å². The van der Waals surface area contributed by atoms with Gasteiger partial charge < -0.3 is 4.74 Å². The highest BCUT2D eigenvalue weighted by atomic mass is 16.5. The number of aromatic amines is 1. The number of ether oxygens (including phenoxy) is 1. The van der Waals surface area contributed by atoms with E-state index in [1.54, 1.807) is 6.20 Å². The van der Waals surface area contributed by atoms with E-state index in [0.717, 1.165) is 29.5 Å². The highest BCUT2D eigenvalue weighted by Gasteiger charge is 2.24. The van der Waals surface area contributed by atoms with Crippen LogP contribution in [0.5, 0.6) is 0 Å². The highest BCUT2D eigenvalue weighted by Crippen LogP contribution is 2.29. The number of carbonyl (C=O) groups excluding carboxylic acids is 1. The fraction of sp³-hybridized carbons (Fsp3) is 0.533. The quantitative estimate of drug-likeness (QED) is 0.851. The van der Waals surface area contributed by atoms with E-state index in [4.69, 9.17) is 4.74 Å². The van der Waals surface area contributed by atoms with Crippen LogP contribution in [0.2, 0.25) is 0 Å². The van der Waals surface area contributed by atoms with E-state index in [1.165, 1.54) is 0 Å². The number of nitrogens with one attached hydrogen (secondary N) is 1. The number of hydrogen-bond acceptors (Lipinski definition) is 4. The average Bonchev–Trinajstić information content (AvgIpc) is 2.85. The number of esters is 1. The van der Waals surface area contributed by atoms with Crippen LogP contribution >= 0.6 is 0 Å². The Hall–Kier alpha value is -1.91. The molecule has 0 unspecified atom stereocenters. The Morgan fingerprint density at radius 3 is 2.75 bits per heavy atom. The molecule has 2 aromatic heterocycles. The van der Waals surface area contributed by atoms with Gasteiger partial charge in [-0.25, -0.2) is 9.78 Å². The molecular weight excluding hydrogens is 254 g/mol. The number of fused-ring (bicyclic) bond motifs is 1. The van der Waals surface area contributed by atoms with E-state index < -0.39 is 0 Å². The van der Waals surface area contributed by atoms with Crippen LogP contribution in [0.1, 0.15) is 61.6 Å². The third-order valence-electron chi connectivity index (χ3n) is 3.26. The third-order valence-corrected chi connectivity index (χ3v) is 3.26. The van der Waals surface area contributed by atoms with Gasteiger partial charge >= 0.3 is 5.97 Å². The van der Waals surface area contributed by atoms with Gasteiger partial charge in [-0.3, -0.25) is 5.10 Å². The molecule has 1 N–H and O–H groups in total. The number of aromatic nitrogens is 3. The summed E-state index contributed by atoms with van der Waals surface area (Å²) in [6.07, 6.45) is 3.47. The molecule has 0 aromatic carbocycles. The molecule has 0 spiro atoms. The SMILES string of the molecule is CCCc1nc2[nH]ncc2c(C(=O)OCC)c1C(C)C. The topological polar surface area (TPSA) is 67.9 Å². The van der Waals surface area contributed by atoms with Crippen LogP contribution in [0.3, 0.4) is 0 Å². The normalized spacial score (nSPS) is 11.2. The van der Waals surface area contributed by atoms with Gasteiger partial charge in [0.05, 0.1) is 23.8 Å². The molecule has 0 amide bonds. The lowest BCUT2D eigenvalue weighted by Crippen LogP contribution is -2.13. The Labute approximate surface area is 118 Å². The standard InChI is InChI=1S/C15H21N3O2/c1-5-7-11-12(9(3)4)13(15(19)20-6-2)10-8-16-18-14(10)17-11/h8-9H,5-7H2,1-4H3,(H,16,17,18). The summed E-state index contributed by atoms with van der Waals surface area (Å²) in [5.74, 6) is -0.0786. The van der Waals surface area contributed by atoms with E-state index >= 15 is 0 Å². The lowest BCUT2D eigenvalue weighted by atomic mass is 9.92. The van der Waals surface area contributed by atoms with Gasteiger partial charge in [0.1, 0.15) is 0 Å². The van der Waals surface area contributed by atoms with E-state index in [9.17, 15) is 4.79 Å². The zero-order valence-electron chi connectivity index (χ0n) is 12.5. The molecule has 0 atom stereocenters. The molecule has 0 aliphatic heterocycles. The largest absolute Gasteiger partial charge is 0.462 e. The fourth-order valence-electron chi connectivity index (χ4n) is 2.50. The predicted molar refractivity (Wildman–Crippen MR) is 77.9 cm³/mol. The van der Waals surface area contributed by atoms with Crippen molar-refractivity contribution in [3.63, 3.8) is 0 Å². The minimum Gasteiger partial charge on any atom is -0.462 e. The summed E-state index contributed by atoms with van der Waals surface area (Å²) in [6, 6.07) is 0. The van der Waals surface area contributed by atoms with Gasteiger partial charge in [-0.15, -0.1) is 0 Å².